The summed E-state index contributed by atoms with van der Waals surface area (Å²) < 4.78 is 12.5. The first kappa shape index (κ1) is 23.6. The normalized spacial score (nSPS) is 14.6. The lowest BCUT2D eigenvalue weighted by atomic mass is 10.1. The minimum absolute atomic E-state index is 0.0907. The maximum absolute atomic E-state index is 13.0. The topological polar surface area (TPSA) is 85.7 Å². The molecule has 34 heavy (non-hydrogen) atoms. The van der Waals surface area contributed by atoms with Crippen molar-refractivity contribution in [1.29, 1.82) is 0 Å². The summed E-state index contributed by atoms with van der Waals surface area (Å²) in [6.07, 6.45) is 3.46. The van der Waals surface area contributed by atoms with Gasteiger partial charge in [-0.2, -0.15) is 0 Å². The molecule has 4 rings (SSSR count). The molecule has 180 valence electrons. The van der Waals surface area contributed by atoms with E-state index >= 15 is 0 Å². The summed E-state index contributed by atoms with van der Waals surface area (Å²) in [6, 6.07) is 12.8. The van der Waals surface area contributed by atoms with Crippen LogP contribution in [0, 0.1) is 0 Å². The summed E-state index contributed by atoms with van der Waals surface area (Å²) in [4.78, 5) is 32.6. The molecule has 1 fully saturated rings. The Kier molecular flexibility index (Phi) is 7.35. The Hall–Kier alpha value is -3.55. The van der Waals surface area contributed by atoms with E-state index < -0.39 is 0 Å². The van der Waals surface area contributed by atoms with Gasteiger partial charge in [0.2, 0.25) is 11.8 Å². The number of hydrogen-bond acceptors (Lipinski definition) is 5. The van der Waals surface area contributed by atoms with Gasteiger partial charge in [0, 0.05) is 13.1 Å². The maximum Gasteiger partial charge on any atom is 0.242 e. The monoisotopic (exact) mass is 464 g/mol. The van der Waals surface area contributed by atoms with Gasteiger partial charge in [0.15, 0.2) is 11.5 Å². The van der Waals surface area contributed by atoms with Crippen molar-refractivity contribution in [3.8, 4) is 11.5 Å². The summed E-state index contributed by atoms with van der Waals surface area (Å²) in [6.45, 7) is 3.72. The molecule has 0 radical (unpaired) electrons. The van der Waals surface area contributed by atoms with Gasteiger partial charge in [0.25, 0.3) is 0 Å². The third kappa shape index (κ3) is 5.16. The van der Waals surface area contributed by atoms with Crippen LogP contribution in [0.1, 0.15) is 43.6 Å². The Morgan fingerprint density at radius 1 is 1.03 bits per heavy atom. The molecular weight excluding hydrogens is 432 g/mol. The minimum Gasteiger partial charge on any atom is -0.493 e. The lowest BCUT2D eigenvalue weighted by Gasteiger charge is -2.27. The van der Waals surface area contributed by atoms with Gasteiger partial charge in [0.05, 0.1) is 37.7 Å². The van der Waals surface area contributed by atoms with Gasteiger partial charge >= 0.3 is 0 Å². The van der Waals surface area contributed by atoms with Crippen molar-refractivity contribution in [2.45, 2.75) is 45.2 Å². The fourth-order valence-corrected chi connectivity index (χ4v) is 4.50. The molecule has 3 aromatic rings. The Morgan fingerprint density at radius 3 is 2.50 bits per heavy atom. The maximum atomic E-state index is 13.0. The van der Waals surface area contributed by atoms with Crippen molar-refractivity contribution < 1.29 is 19.1 Å². The number of benzene rings is 2. The quantitative estimate of drug-likeness (QED) is 0.552. The first-order valence-electron chi connectivity index (χ1n) is 11.7. The van der Waals surface area contributed by atoms with E-state index in [0.29, 0.717) is 17.3 Å². The van der Waals surface area contributed by atoms with Crippen LogP contribution in [0.2, 0.25) is 0 Å². The van der Waals surface area contributed by atoms with E-state index in [0.717, 1.165) is 42.5 Å². The second-order valence-corrected chi connectivity index (χ2v) is 8.64. The van der Waals surface area contributed by atoms with E-state index in [9.17, 15) is 9.59 Å². The minimum atomic E-state index is -0.366. The number of carbonyl (C=O) groups is 2. The number of nitrogens with zero attached hydrogens (tertiary/aromatic N) is 3. The number of rotatable bonds is 8. The highest BCUT2D eigenvalue weighted by Gasteiger charge is 2.23. The Bertz CT molecular complexity index is 1170. The number of imidazole rings is 1. The van der Waals surface area contributed by atoms with E-state index in [1.807, 2.05) is 46.7 Å². The van der Waals surface area contributed by atoms with Crippen molar-refractivity contribution in [1.82, 2.24) is 19.8 Å². The lowest BCUT2D eigenvalue weighted by Crippen LogP contribution is -2.38. The molecule has 0 saturated carbocycles. The van der Waals surface area contributed by atoms with Crippen LogP contribution in [-0.2, 0) is 22.6 Å². The van der Waals surface area contributed by atoms with Gasteiger partial charge in [-0.1, -0.05) is 18.2 Å². The summed E-state index contributed by atoms with van der Waals surface area (Å²) in [5, 5.41) is 3.05. The highest BCUT2D eigenvalue weighted by molar-refractivity contribution is 5.82. The molecule has 1 N–H and O–H groups in total. The zero-order valence-corrected chi connectivity index (χ0v) is 20.0. The summed E-state index contributed by atoms with van der Waals surface area (Å²) in [5.74, 6) is 1.83. The van der Waals surface area contributed by atoms with Gasteiger partial charge < -0.3 is 24.3 Å². The average molecular weight is 465 g/mol. The van der Waals surface area contributed by atoms with Crippen LogP contribution < -0.4 is 14.8 Å². The molecule has 2 aromatic carbocycles. The van der Waals surface area contributed by atoms with Crippen LogP contribution in [0.3, 0.4) is 0 Å². The fraction of sp³-hybridized carbons (Fsp3) is 0.423. The molecule has 0 spiro atoms. The van der Waals surface area contributed by atoms with Crippen molar-refractivity contribution >= 4 is 22.8 Å². The zero-order valence-electron chi connectivity index (χ0n) is 20.0. The molecule has 1 aliphatic rings. The van der Waals surface area contributed by atoms with E-state index in [-0.39, 0.29) is 30.8 Å². The average Bonchev–Trinajstić information content (AvgIpc) is 3.22. The predicted molar refractivity (Wildman–Crippen MR) is 130 cm³/mol. The Morgan fingerprint density at radius 2 is 1.76 bits per heavy atom. The van der Waals surface area contributed by atoms with E-state index in [4.69, 9.17) is 14.5 Å². The highest BCUT2D eigenvalue weighted by atomic mass is 16.5. The number of hydrogen-bond donors (Lipinski definition) is 1. The fourth-order valence-electron chi connectivity index (χ4n) is 4.50. The largest absolute Gasteiger partial charge is 0.493 e. The third-order valence-corrected chi connectivity index (χ3v) is 6.26. The number of nitrogens with one attached hydrogen (secondary N) is 1. The predicted octanol–water partition coefficient (Wildman–Crippen LogP) is 3.49. The Balaban J connectivity index is 1.51. The van der Waals surface area contributed by atoms with Crippen LogP contribution in [0.25, 0.3) is 11.0 Å². The van der Waals surface area contributed by atoms with Gasteiger partial charge in [-0.15, -0.1) is 0 Å². The summed E-state index contributed by atoms with van der Waals surface area (Å²) in [7, 11) is 3.15. The van der Waals surface area contributed by atoms with Gasteiger partial charge in [0.1, 0.15) is 12.4 Å². The number of para-hydroxylation sites is 2. The van der Waals surface area contributed by atoms with Gasteiger partial charge in [-0.3, -0.25) is 9.59 Å². The standard InChI is InChI=1S/C26H32N4O4/c1-18(27-24(31)16-19-11-12-22(33-2)23(15-19)34-3)26-28-20-9-5-6-10-21(20)30(26)17-25(32)29-13-7-4-8-14-29/h5-6,9-12,15,18H,4,7-8,13-14,16-17H2,1-3H3,(H,27,31). The van der Waals surface area contributed by atoms with Crippen molar-refractivity contribution in [3.63, 3.8) is 0 Å². The number of ether oxygens (including phenoxy) is 2. The molecule has 1 aliphatic heterocycles. The zero-order chi connectivity index (χ0) is 24.1. The van der Waals surface area contributed by atoms with Crippen LogP contribution in [0.4, 0.5) is 0 Å². The molecule has 1 unspecified atom stereocenters. The third-order valence-electron chi connectivity index (χ3n) is 6.26. The highest BCUT2D eigenvalue weighted by Crippen LogP contribution is 2.28. The van der Waals surface area contributed by atoms with Crippen LogP contribution in [0.15, 0.2) is 42.5 Å². The lowest BCUT2D eigenvalue weighted by molar-refractivity contribution is -0.132. The molecule has 0 aliphatic carbocycles. The smallest absolute Gasteiger partial charge is 0.242 e. The number of likely N-dealkylation sites (tertiary alicyclic amines) is 1. The molecule has 2 heterocycles. The first-order valence-corrected chi connectivity index (χ1v) is 11.7. The van der Waals surface area contributed by atoms with E-state index in [2.05, 4.69) is 5.32 Å². The van der Waals surface area contributed by atoms with Crippen molar-refractivity contribution in [2.24, 2.45) is 0 Å². The molecule has 1 saturated heterocycles. The van der Waals surface area contributed by atoms with E-state index in [1.54, 1.807) is 26.4 Å². The number of fused-ring (bicyclic) bond motifs is 1. The summed E-state index contributed by atoms with van der Waals surface area (Å²) >= 11 is 0. The Labute approximate surface area is 199 Å². The summed E-state index contributed by atoms with van der Waals surface area (Å²) in [5.41, 5.74) is 2.52. The second-order valence-electron chi connectivity index (χ2n) is 8.64. The molecule has 8 heteroatoms. The van der Waals surface area contributed by atoms with Gasteiger partial charge in [-0.25, -0.2) is 4.98 Å². The number of carbonyl (C=O) groups excluding carboxylic acids is 2. The number of methoxy groups -OCH3 is 2. The van der Waals surface area contributed by atoms with Crippen LogP contribution in [-0.4, -0.2) is 53.6 Å². The van der Waals surface area contributed by atoms with Crippen LogP contribution in [0.5, 0.6) is 11.5 Å². The second kappa shape index (κ2) is 10.6. The van der Waals surface area contributed by atoms with E-state index in [1.165, 1.54) is 6.42 Å². The molecule has 0 bridgehead atoms. The van der Waals surface area contributed by atoms with Crippen LogP contribution >= 0.6 is 0 Å². The molecule has 1 atom stereocenters. The van der Waals surface area contributed by atoms with Gasteiger partial charge in [-0.05, 0) is 56.0 Å². The first-order chi connectivity index (χ1) is 16.5. The molecule has 2 amide bonds. The number of amides is 2. The number of aromatic nitrogens is 2. The molecule has 1 aromatic heterocycles. The molecular formula is C26H32N4O4. The molecule has 8 nitrogen and oxygen atoms in total. The number of piperidine rings is 1. The van der Waals surface area contributed by atoms with Crippen molar-refractivity contribution in [3.05, 3.63) is 53.9 Å². The SMILES string of the molecule is COc1ccc(CC(=O)NC(C)c2nc3ccccc3n2CC(=O)N2CCCCC2)cc1OC. The van der Waals surface area contributed by atoms with Crippen molar-refractivity contribution in [2.75, 3.05) is 27.3 Å².